The van der Waals surface area contributed by atoms with Gasteiger partial charge in [0, 0.05) is 11.9 Å². The molecule has 2 rings (SSSR count). The fraction of sp³-hybridized carbons (Fsp3) is 0.200. The third-order valence-electron chi connectivity index (χ3n) is 2.76. The van der Waals surface area contributed by atoms with Crippen LogP contribution in [0.15, 0.2) is 41.1 Å². The molecule has 1 amide bonds. The maximum atomic E-state index is 12.2. The van der Waals surface area contributed by atoms with Crippen molar-refractivity contribution < 1.29 is 9.53 Å². The van der Waals surface area contributed by atoms with E-state index in [4.69, 9.17) is 4.74 Å². The van der Waals surface area contributed by atoms with E-state index in [1.165, 1.54) is 0 Å². The van der Waals surface area contributed by atoms with Gasteiger partial charge in [-0.05, 0) is 65.7 Å². The average Bonchev–Trinajstić information content (AvgIpc) is 2.42. The molecular weight excluding hydrogens is 320 g/mol. The highest BCUT2D eigenvalue weighted by molar-refractivity contribution is 9.10. The second-order valence-corrected chi connectivity index (χ2v) is 4.96. The smallest absolute Gasteiger partial charge is 0.258 e. The number of nitrogens with zero attached hydrogens (tertiary/aromatic N) is 1. The van der Waals surface area contributed by atoms with Gasteiger partial charge in [-0.3, -0.25) is 4.79 Å². The number of carbonyl (C=O) groups is 1. The third-order valence-corrected chi connectivity index (χ3v) is 3.39. The van der Waals surface area contributed by atoms with Crippen molar-refractivity contribution in [1.82, 2.24) is 4.98 Å². The summed E-state index contributed by atoms with van der Waals surface area (Å²) >= 11 is 3.27. The van der Waals surface area contributed by atoms with Crippen LogP contribution in [0.1, 0.15) is 22.8 Å². The van der Waals surface area contributed by atoms with E-state index < -0.39 is 0 Å². The Hall–Kier alpha value is -1.88. The van der Waals surface area contributed by atoms with Gasteiger partial charge in [-0.2, -0.15) is 0 Å². The molecule has 1 aromatic carbocycles. The fourth-order valence-corrected chi connectivity index (χ4v) is 2.21. The summed E-state index contributed by atoms with van der Waals surface area (Å²) in [7, 11) is 0. The number of hydrogen-bond acceptors (Lipinski definition) is 3. The number of aryl methyl sites for hydroxylation is 1. The number of ether oxygens (including phenoxy) is 1. The highest BCUT2D eigenvalue weighted by Gasteiger charge is 2.11. The van der Waals surface area contributed by atoms with Crippen LogP contribution in [0.4, 0.5) is 5.69 Å². The minimum Gasteiger partial charge on any atom is -0.494 e. The Bertz CT molecular complexity index is 629. The van der Waals surface area contributed by atoms with Gasteiger partial charge in [-0.15, -0.1) is 0 Å². The number of nitrogens with one attached hydrogen (secondary N) is 1. The van der Waals surface area contributed by atoms with Gasteiger partial charge in [-0.25, -0.2) is 4.98 Å². The van der Waals surface area contributed by atoms with Crippen LogP contribution in [0, 0.1) is 6.92 Å². The Balaban J connectivity index is 2.18. The molecule has 4 nitrogen and oxygen atoms in total. The molecule has 0 saturated carbocycles. The molecule has 0 saturated heterocycles. The van der Waals surface area contributed by atoms with Crippen LogP contribution in [0.5, 0.6) is 5.75 Å². The second kappa shape index (κ2) is 6.52. The van der Waals surface area contributed by atoms with Gasteiger partial charge < -0.3 is 10.1 Å². The number of carbonyl (C=O) groups excluding carboxylic acids is 1. The van der Waals surface area contributed by atoms with Crippen LogP contribution < -0.4 is 10.1 Å². The Morgan fingerprint density at radius 2 is 2.20 bits per heavy atom. The lowest BCUT2D eigenvalue weighted by atomic mass is 10.1. The number of halogens is 1. The van der Waals surface area contributed by atoms with Crippen LogP contribution >= 0.6 is 15.9 Å². The minimum atomic E-state index is -0.197. The lowest BCUT2D eigenvalue weighted by Crippen LogP contribution is -2.13. The number of amides is 1. The summed E-state index contributed by atoms with van der Waals surface area (Å²) in [5, 5.41) is 2.87. The maximum Gasteiger partial charge on any atom is 0.258 e. The number of rotatable bonds is 4. The number of anilines is 1. The van der Waals surface area contributed by atoms with Crippen molar-refractivity contribution in [1.29, 1.82) is 0 Å². The second-order valence-electron chi connectivity index (χ2n) is 4.21. The zero-order valence-electron chi connectivity index (χ0n) is 11.3. The Labute approximate surface area is 126 Å². The van der Waals surface area contributed by atoms with Crippen molar-refractivity contribution in [2.45, 2.75) is 13.8 Å². The van der Waals surface area contributed by atoms with Crippen molar-refractivity contribution >= 4 is 27.5 Å². The van der Waals surface area contributed by atoms with E-state index in [0.29, 0.717) is 16.8 Å². The SMILES string of the molecule is CCOc1ccc(NC(=O)c2cccnc2Br)c(C)c1. The molecule has 5 heteroatoms. The van der Waals surface area contributed by atoms with Crippen molar-refractivity contribution in [2.75, 3.05) is 11.9 Å². The molecule has 0 radical (unpaired) electrons. The molecule has 1 aromatic heterocycles. The van der Waals surface area contributed by atoms with Gasteiger partial charge in [-0.1, -0.05) is 0 Å². The normalized spacial score (nSPS) is 10.2. The summed E-state index contributed by atoms with van der Waals surface area (Å²) in [6.07, 6.45) is 1.63. The quantitative estimate of drug-likeness (QED) is 0.865. The summed E-state index contributed by atoms with van der Waals surface area (Å²) < 4.78 is 5.95. The minimum absolute atomic E-state index is 0.197. The van der Waals surface area contributed by atoms with Crippen LogP contribution in [0.25, 0.3) is 0 Å². The highest BCUT2D eigenvalue weighted by atomic mass is 79.9. The van der Waals surface area contributed by atoms with Crippen LogP contribution in [0.2, 0.25) is 0 Å². The molecule has 1 N–H and O–H groups in total. The van der Waals surface area contributed by atoms with Gasteiger partial charge in [0.1, 0.15) is 10.4 Å². The van der Waals surface area contributed by atoms with Crippen molar-refractivity contribution in [3.05, 3.63) is 52.3 Å². The van der Waals surface area contributed by atoms with Crippen molar-refractivity contribution in [2.24, 2.45) is 0 Å². The standard InChI is InChI=1S/C15H15BrN2O2/c1-3-20-11-6-7-13(10(2)9-11)18-15(19)12-5-4-8-17-14(12)16/h4-9H,3H2,1-2H3,(H,18,19). The zero-order chi connectivity index (χ0) is 14.5. The van der Waals surface area contributed by atoms with Gasteiger partial charge >= 0.3 is 0 Å². The Kier molecular flexibility index (Phi) is 4.74. The largest absolute Gasteiger partial charge is 0.494 e. The molecule has 104 valence electrons. The molecule has 2 aromatic rings. The lowest BCUT2D eigenvalue weighted by Gasteiger charge is -2.11. The first-order valence-electron chi connectivity index (χ1n) is 6.27. The summed E-state index contributed by atoms with van der Waals surface area (Å²) in [5.74, 6) is 0.600. The molecule has 0 fully saturated rings. The zero-order valence-corrected chi connectivity index (χ0v) is 12.9. The Morgan fingerprint density at radius 3 is 2.85 bits per heavy atom. The van der Waals surface area contributed by atoms with E-state index in [1.54, 1.807) is 18.3 Å². The third kappa shape index (κ3) is 3.36. The van der Waals surface area contributed by atoms with E-state index in [2.05, 4.69) is 26.2 Å². The van der Waals surface area contributed by atoms with Gasteiger partial charge in [0.25, 0.3) is 5.91 Å². The monoisotopic (exact) mass is 334 g/mol. The predicted octanol–water partition coefficient (Wildman–Crippen LogP) is 3.80. The molecule has 1 heterocycles. The van der Waals surface area contributed by atoms with Gasteiger partial charge in [0.2, 0.25) is 0 Å². The molecule has 0 atom stereocenters. The van der Waals surface area contributed by atoms with Crippen molar-refractivity contribution in [3.63, 3.8) is 0 Å². The molecule has 0 unspecified atom stereocenters. The molecule has 0 aliphatic heterocycles. The van der Waals surface area contributed by atoms with Crippen LogP contribution in [-0.4, -0.2) is 17.5 Å². The highest BCUT2D eigenvalue weighted by Crippen LogP contribution is 2.23. The predicted molar refractivity (Wildman–Crippen MR) is 82.2 cm³/mol. The summed E-state index contributed by atoms with van der Waals surface area (Å²) in [6.45, 7) is 4.48. The molecule has 0 spiro atoms. The summed E-state index contributed by atoms with van der Waals surface area (Å²) in [6, 6.07) is 9.02. The topological polar surface area (TPSA) is 51.2 Å². The number of aromatic nitrogens is 1. The van der Waals surface area contributed by atoms with Gasteiger partial charge in [0.15, 0.2) is 0 Å². The Morgan fingerprint density at radius 1 is 1.40 bits per heavy atom. The number of benzene rings is 1. The van der Waals surface area contributed by atoms with E-state index in [1.807, 2.05) is 32.0 Å². The lowest BCUT2D eigenvalue weighted by molar-refractivity contribution is 0.102. The number of pyridine rings is 1. The summed E-state index contributed by atoms with van der Waals surface area (Å²) in [4.78, 5) is 16.2. The summed E-state index contributed by atoms with van der Waals surface area (Å²) in [5.41, 5.74) is 2.21. The first-order valence-corrected chi connectivity index (χ1v) is 7.06. The van der Waals surface area contributed by atoms with E-state index >= 15 is 0 Å². The average molecular weight is 335 g/mol. The number of hydrogen-bond donors (Lipinski definition) is 1. The molecular formula is C15H15BrN2O2. The molecule has 0 bridgehead atoms. The molecule has 0 aliphatic rings. The van der Waals surface area contributed by atoms with Gasteiger partial charge in [0.05, 0.1) is 12.2 Å². The first-order chi connectivity index (χ1) is 9.61. The first kappa shape index (κ1) is 14.5. The molecule has 0 aliphatic carbocycles. The van der Waals surface area contributed by atoms with E-state index in [9.17, 15) is 4.79 Å². The fourth-order valence-electron chi connectivity index (χ4n) is 1.78. The van der Waals surface area contributed by atoms with Crippen molar-refractivity contribution in [3.8, 4) is 5.75 Å². The maximum absolute atomic E-state index is 12.2. The van der Waals surface area contributed by atoms with Crippen LogP contribution in [-0.2, 0) is 0 Å². The van der Waals surface area contributed by atoms with E-state index in [-0.39, 0.29) is 5.91 Å². The van der Waals surface area contributed by atoms with E-state index in [0.717, 1.165) is 17.0 Å². The molecule has 20 heavy (non-hydrogen) atoms. The van der Waals surface area contributed by atoms with Crippen LogP contribution in [0.3, 0.4) is 0 Å².